The molecule has 0 aromatic carbocycles. The summed E-state index contributed by atoms with van der Waals surface area (Å²) in [4.78, 5) is 21.0. The number of hydrogen-bond donors (Lipinski definition) is 0. The summed E-state index contributed by atoms with van der Waals surface area (Å²) in [6.45, 7) is 4.11. The number of carbonyl (C=O) groups excluding carboxylic acids is 1. The Balaban J connectivity index is 1.91. The van der Waals surface area contributed by atoms with E-state index in [2.05, 4.69) is 16.9 Å². The lowest BCUT2D eigenvalue weighted by atomic mass is 10.0. The molecule has 0 spiro atoms. The Morgan fingerprint density at radius 2 is 2.10 bits per heavy atom. The molecular weight excluding hydrogens is 272 g/mol. The second-order valence-electron chi connectivity index (χ2n) is 5.56. The Labute approximate surface area is 125 Å². The lowest BCUT2D eigenvalue weighted by molar-refractivity contribution is -0.131. The van der Waals surface area contributed by atoms with Gasteiger partial charge < -0.3 is 14.4 Å². The first kappa shape index (κ1) is 15.4. The van der Waals surface area contributed by atoms with Gasteiger partial charge >= 0.3 is 0 Å². The molecule has 1 saturated heterocycles. The van der Waals surface area contributed by atoms with Crippen molar-refractivity contribution in [3.63, 3.8) is 0 Å². The van der Waals surface area contributed by atoms with Gasteiger partial charge in [0, 0.05) is 32.5 Å². The predicted octanol–water partition coefficient (Wildman–Crippen LogP) is 1.45. The van der Waals surface area contributed by atoms with Gasteiger partial charge in [-0.2, -0.15) is 0 Å². The van der Waals surface area contributed by atoms with Gasteiger partial charge in [-0.15, -0.1) is 0 Å². The average Bonchev–Trinajstić information content (AvgIpc) is 2.83. The Bertz CT molecular complexity index is 454. The number of imidazole rings is 1. The van der Waals surface area contributed by atoms with E-state index in [0.29, 0.717) is 6.04 Å². The molecule has 2 heterocycles. The van der Waals surface area contributed by atoms with Crippen LogP contribution in [0.5, 0.6) is 0 Å². The molecule has 1 unspecified atom stereocenters. The molecule has 2 rings (SSSR count). The van der Waals surface area contributed by atoms with E-state index in [4.69, 9.17) is 0 Å². The second-order valence-corrected chi connectivity index (χ2v) is 6.87. The van der Waals surface area contributed by atoms with Gasteiger partial charge in [-0.05, 0) is 39.9 Å². The minimum Gasteiger partial charge on any atom is -0.342 e. The minimum atomic E-state index is -0.0965. The standard InChI is InChI=1S/C14H24N4OS/c1-11(20-14-15-7-10-17(14)3)13(19)18(4)12-5-8-16(2)9-6-12/h7,10-12H,5-6,8-9H2,1-4H3. The van der Waals surface area contributed by atoms with Gasteiger partial charge in [-0.1, -0.05) is 11.8 Å². The zero-order valence-electron chi connectivity index (χ0n) is 12.7. The maximum Gasteiger partial charge on any atom is 0.235 e. The van der Waals surface area contributed by atoms with Crippen LogP contribution in [0.4, 0.5) is 0 Å². The average molecular weight is 296 g/mol. The lowest BCUT2D eigenvalue weighted by Crippen LogP contribution is -2.46. The van der Waals surface area contributed by atoms with Crippen LogP contribution in [0, 0.1) is 0 Å². The Hall–Kier alpha value is -1.01. The summed E-state index contributed by atoms with van der Waals surface area (Å²) >= 11 is 1.53. The number of thioether (sulfide) groups is 1. The summed E-state index contributed by atoms with van der Waals surface area (Å²) in [5.74, 6) is 0.201. The van der Waals surface area contributed by atoms with E-state index < -0.39 is 0 Å². The van der Waals surface area contributed by atoms with E-state index in [9.17, 15) is 4.79 Å². The summed E-state index contributed by atoms with van der Waals surface area (Å²) < 4.78 is 1.95. The number of aryl methyl sites for hydroxylation is 1. The number of nitrogens with zero attached hydrogens (tertiary/aromatic N) is 4. The Morgan fingerprint density at radius 1 is 1.45 bits per heavy atom. The van der Waals surface area contributed by atoms with E-state index in [0.717, 1.165) is 31.1 Å². The Kier molecular flexibility index (Phi) is 5.10. The fraction of sp³-hybridized carbons (Fsp3) is 0.714. The highest BCUT2D eigenvalue weighted by Gasteiger charge is 2.27. The zero-order valence-corrected chi connectivity index (χ0v) is 13.6. The van der Waals surface area contributed by atoms with Crippen molar-refractivity contribution < 1.29 is 4.79 Å². The first-order valence-corrected chi connectivity index (χ1v) is 7.96. The van der Waals surface area contributed by atoms with Crippen LogP contribution in [-0.4, -0.2) is 63.7 Å². The summed E-state index contributed by atoms with van der Waals surface area (Å²) in [7, 11) is 6.03. The van der Waals surface area contributed by atoms with Crippen LogP contribution >= 0.6 is 11.8 Å². The van der Waals surface area contributed by atoms with Crippen molar-refractivity contribution in [3.05, 3.63) is 12.4 Å². The lowest BCUT2D eigenvalue weighted by Gasteiger charge is -2.36. The van der Waals surface area contributed by atoms with E-state index in [1.807, 2.05) is 36.7 Å². The highest BCUT2D eigenvalue weighted by Crippen LogP contribution is 2.24. The monoisotopic (exact) mass is 296 g/mol. The molecule has 1 aliphatic rings. The maximum atomic E-state index is 12.5. The molecule has 1 aromatic rings. The van der Waals surface area contributed by atoms with Crippen molar-refractivity contribution in [2.45, 2.75) is 36.2 Å². The van der Waals surface area contributed by atoms with Gasteiger partial charge in [0.05, 0.1) is 5.25 Å². The number of amides is 1. The molecule has 0 N–H and O–H groups in total. The molecule has 0 radical (unpaired) electrons. The largest absolute Gasteiger partial charge is 0.342 e. The van der Waals surface area contributed by atoms with Crippen molar-refractivity contribution in [2.75, 3.05) is 27.2 Å². The van der Waals surface area contributed by atoms with E-state index in [1.165, 1.54) is 11.8 Å². The predicted molar refractivity (Wildman–Crippen MR) is 81.8 cm³/mol. The van der Waals surface area contributed by atoms with Gasteiger partial charge in [0.25, 0.3) is 0 Å². The van der Waals surface area contributed by atoms with Gasteiger partial charge in [-0.3, -0.25) is 4.79 Å². The third-order valence-corrected chi connectivity index (χ3v) is 5.15. The fourth-order valence-electron chi connectivity index (χ4n) is 2.52. The number of aromatic nitrogens is 2. The Morgan fingerprint density at radius 3 is 2.65 bits per heavy atom. The van der Waals surface area contributed by atoms with E-state index in [-0.39, 0.29) is 11.2 Å². The van der Waals surface area contributed by atoms with Crippen molar-refractivity contribution in [3.8, 4) is 0 Å². The zero-order chi connectivity index (χ0) is 14.7. The van der Waals surface area contributed by atoms with E-state index in [1.54, 1.807) is 6.20 Å². The first-order chi connectivity index (χ1) is 9.49. The summed E-state index contributed by atoms with van der Waals surface area (Å²) in [5, 5.41) is 0.795. The third-order valence-electron chi connectivity index (χ3n) is 3.99. The first-order valence-electron chi connectivity index (χ1n) is 7.08. The summed E-state index contributed by atoms with van der Waals surface area (Å²) in [6.07, 6.45) is 5.80. The van der Waals surface area contributed by atoms with Crippen LogP contribution in [-0.2, 0) is 11.8 Å². The normalized spacial score (nSPS) is 19.0. The molecule has 0 bridgehead atoms. The summed E-state index contributed by atoms with van der Waals surface area (Å²) in [5.41, 5.74) is 0. The molecule has 20 heavy (non-hydrogen) atoms. The molecule has 0 aliphatic carbocycles. The van der Waals surface area contributed by atoms with Crippen LogP contribution in [0.2, 0.25) is 0 Å². The van der Waals surface area contributed by atoms with Crippen LogP contribution in [0.3, 0.4) is 0 Å². The highest BCUT2D eigenvalue weighted by molar-refractivity contribution is 8.00. The van der Waals surface area contributed by atoms with Crippen LogP contribution in [0.15, 0.2) is 17.6 Å². The van der Waals surface area contributed by atoms with Gasteiger partial charge in [0.2, 0.25) is 5.91 Å². The summed E-state index contributed by atoms with van der Waals surface area (Å²) in [6, 6.07) is 0.378. The van der Waals surface area contributed by atoms with Gasteiger partial charge in [0.1, 0.15) is 0 Å². The fourth-order valence-corrected chi connectivity index (χ4v) is 3.46. The molecule has 1 aliphatic heterocycles. The molecule has 1 amide bonds. The van der Waals surface area contributed by atoms with Crippen molar-refractivity contribution >= 4 is 17.7 Å². The minimum absolute atomic E-state index is 0.0965. The van der Waals surface area contributed by atoms with Crippen LogP contribution in [0.25, 0.3) is 0 Å². The smallest absolute Gasteiger partial charge is 0.235 e. The molecular formula is C14H24N4OS. The van der Waals surface area contributed by atoms with Crippen molar-refractivity contribution in [2.24, 2.45) is 7.05 Å². The quantitative estimate of drug-likeness (QED) is 0.789. The highest BCUT2D eigenvalue weighted by atomic mass is 32.2. The topological polar surface area (TPSA) is 41.4 Å². The number of rotatable bonds is 4. The molecule has 1 fully saturated rings. The molecule has 1 aromatic heterocycles. The number of likely N-dealkylation sites (tertiary alicyclic amines) is 1. The van der Waals surface area contributed by atoms with Gasteiger partial charge in [-0.25, -0.2) is 4.98 Å². The number of carbonyl (C=O) groups is 1. The maximum absolute atomic E-state index is 12.5. The van der Waals surface area contributed by atoms with Gasteiger partial charge in [0.15, 0.2) is 5.16 Å². The molecule has 0 saturated carbocycles. The van der Waals surface area contributed by atoms with Crippen molar-refractivity contribution in [1.29, 1.82) is 0 Å². The molecule has 112 valence electrons. The second kappa shape index (κ2) is 6.63. The van der Waals surface area contributed by atoms with E-state index >= 15 is 0 Å². The SMILES string of the molecule is CC(Sc1nccn1C)C(=O)N(C)C1CCN(C)CC1. The third kappa shape index (κ3) is 3.55. The molecule has 5 nitrogen and oxygen atoms in total. The number of piperidine rings is 1. The number of hydrogen-bond acceptors (Lipinski definition) is 4. The molecule has 1 atom stereocenters. The molecule has 6 heteroatoms. The van der Waals surface area contributed by atoms with Crippen LogP contribution in [0.1, 0.15) is 19.8 Å². The van der Waals surface area contributed by atoms with Crippen LogP contribution < -0.4 is 0 Å². The van der Waals surface area contributed by atoms with Crippen molar-refractivity contribution in [1.82, 2.24) is 19.4 Å².